The van der Waals surface area contributed by atoms with Gasteiger partial charge in [0.25, 0.3) is 0 Å². The minimum absolute atomic E-state index is 0.0202. The van der Waals surface area contributed by atoms with E-state index in [1.165, 1.54) is 0 Å². The van der Waals surface area contributed by atoms with Gasteiger partial charge in [-0.3, -0.25) is 19.7 Å². The first-order valence-corrected chi connectivity index (χ1v) is 8.47. The van der Waals surface area contributed by atoms with E-state index in [0.29, 0.717) is 6.07 Å². The molecule has 0 spiro atoms. The highest BCUT2D eigenvalue weighted by molar-refractivity contribution is 5.91. The second-order valence-electron chi connectivity index (χ2n) is 5.87. The number of esters is 3. The standard InChI is InChI=1S/C18H21F2NO6/c1-4-26-16(22)12-13(17(23)27-5-2)15(18(24)25-3)21-14(12)10-7-6-9(19)8-11(10)20/h6-8,12-15,21H,4-5H2,1-3H3/t12-,13+,14+,15+/m0/s1. The summed E-state index contributed by atoms with van der Waals surface area (Å²) in [6.45, 7) is 3.19. The summed E-state index contributed by atoms with van der Waals surface area (Å²) in [7, 11) is 1.12. The van der Waals surface area contributed by atoms with E-state index in [1.807, 2.05) is 0 Å². The minimum Gasteiger partial charge on any atom is -0.468 e. The maximum atomic E-state index is 14.3. The Kier molecular flexibility index (Phi) is 6.84. The van der Waals surface area contributed by atoms with Crippen molar-refractivity contribution in [3.8, 4) is 0 Å². The van der Waals surface area contributed by atoms with Crippen molar-refractivity contribution in [1.82, 2.24) is 5.32 Å². The summed E-state index contributed by atoms with van der Waals surface area (Å²) in [6.07, 6.45) is 0. The molecule has 2 rings (SSSR count). The number of benzene rings is 1. The van der Waals surface area contributed by atoms with E-state index in [9.17, 15) is 23.2 Å². The number of rotatable bonds is 6. The molecule has 1 fully saturated rings. The van der Waals surface area contributed by atoms with Crippen LogP contribution < -0.4 is 5.32 Å². The van der Waals surface area contributed by atoms with E-state index in [0.717, 1.165) is 19.2 Å². The highest BCUT2D eigenvalue weighted by Crippen LogP contribution is 2.40. The molecular formula is C18H21F2NO6. The second-order valence-corrected chi connectivity index (χ2v) is 5.87. The topological polar surface area (TPSA) is 90.9 Å². The molecule has 0 aromatic heterocycles. The van der Waals surface area contributed by atoms with Gasteiger partial charge in [0.15, 0.2) is 0 Å². The molecule has 1 aliphatic rings. The summed E-state index contributed by atoms with van der Waals surface area (Å²) in [5.41, 5.74) is -0.0739. The molecule has 0 radical (unpaired) electrons. The average molecular weight is 385 g/mol. The van der Waals surface area contributed by atoms with Crippen LogP contribution in [0.2, 0.25) is 0 Å². The maximum Gasteiger partial charge on any atom is 0.323 e. The van der Waals surface area contributed by atoms with Gasteiger partial charge in [-0.05, 0) is 19.9 Å². The van der Waals surface area contributed by atoms with Gasteiger partial charge >= 0.3 is 17.9 Å². The van der Waals surface area contributed by atoms with Crippen LogP contribution >= 0.6 is 0 Å². The van der Waals surface area contributed by atoms with Crippen molar-refractivity contribution in [2.45, 2.75) is 25.9 Å². The number of hydrogen-bond donors (Lipinski definition) is 1. The fraction of sp³-hybridized carbons (Fsp3) is 0.500. The van der Waals surface area contributed by atoms with Crippen molar-refractivity contribution in [2.75, 3.05) is 20.3 Å². The monoisotopic (exact) mass is 385 g/mol. The molecule has 1 aromatic carbocycles. The van der Waals surface area contributed by atoms with E-state index in [4.69, 9.17) is 14.2 Å². The maximum absolute atomic E-state index is 14.3. The fourth-order valence-electron chi connectivity index (χ4n) is 3.24. The molecule has 0 bridgehead atoms. The SMILES string of the molecule is CCOC(=O)[C@@H]1[C@H](C(=O)OCC)[C@@H](c2ccc(F)cc2F)N[C@H]1C(=O)OC. The van der Waals surface area contributed by atoms with Crippen LogP contribution in [0.5, 0.6) is 0 Å². The Morgan fingerprint density at radius 3 is 2.11 bits per heavy atom. The van der Waals surface area contributed by atoms with Gasteiger partial charge in [-0.1, -0.05) is 6.07 Å². The molecule has 27 heavy (non-hydrogen) atoms. The first kappa shape index (κ1) is 20.8. The van der Waals surface area contributed by atoms with Crippen LogP contribution in [0.15, 0.2) is 18.2 Å². The summed E-state index contributed by atoms with van der Waals surface area (Å²) in [4.78, 5) is 37.2. The largest absolute Gasteiger partial charge is 0.468 e. The Morgan fingerprint density at radius 2 is 1.59 bits per heavy atom. The van der Waals surface area contributed by atoms with Gasteiger partial charge in [0.1, 0.15) is 17.7 Å². The Morgan fingerprint density at radius 1 is 1.00 bits per heavy atom. The number of nitrogens with one attached hydrogen (secondary N) is 1. The Balaban J connectivity index is 2.54. The molecule has 4 atom stereocenters. The third kappa shape index (κ3) is 4.24. The van der Waals surface area contributed by atoms with Crippen molar-refractivity contribution < 1.29 is 37.4 Å². The number of hydrogen-bond acceptors (Lipinski definition) is 7. The molecule has 9 heteroatoms. The Hall–Kier alpha value is -2.55. The third-order valence-corrected chi connectivity index (χ3v) is 4.33. The normalized spacial score (nSPS) is 24.3. The lowest BCUT2D eigenvalue weighted by molar-refractivity contribution is -0.162. The lowest BCUT2D eigenvalue weighted by atomic mass is 9.84. The first-order valence-electron chi connectivity index (χ1n) is 8.47. The first-order chi connectivity index (χ1) is 12.8. The zero-order valence-corrected chi connectivity index (χ0v) is 15.2. The van der Waals surface area contributed by atoms with Crippen molar-refractivity contribution >= 4 is 17.9 Å². The van der Waals surface area contributed by atoms with Gasteiger partial charge in [-0.25, -0.2) is 8.78 Å². The molecule has 0 unspecified atom stereocenters. The number of carbonyl (C=O) groups excluding carboxylic acids is 3. The molecule has 1 saturated heterocycles. The van der Waals surface area contributed by atoms with Crippen LogP contribution in [0.25, 0.3) is 0 Å². The molecule has 7 nitrogen and oxygen atoms in total. The van der Waals surface area contributed by atoms with Crippen LogP contribution in [-0.2, 0) is 28.6 Å². The summed E-state index contributed by atoms with van der Waals surface area (Å²) in [5.74, 6) is -6.69. The summed E-state index contributed by atoms with van der Waals surface area (Å²) < 4.78 is 42.3. The zero-order chi connectivity index (χ0) is 20.1. The lowest BCUT2D eigenvalue weighted by Crippen LogP contribution is -2.42. The van der Waals surface area contributed by atoms with Crippen molar-refractivity contribution in [2.24, 2.45) is 11.8 Å². The van der Waals surface area contributed by atoms with E-state index < -0.39 is 53.5 Å². The highest BCUT2D eigenvalue weighted by Gasteiger charge is 2.56. The Bertz CT molecular complexity index is 726. The lowest BCUT2D eigenvalue weighted by Gasteiger charge is -2.22. The molecule has 148 valence electrons. The molecule has 0 amide bonds. The van der Waals surface area contributed by atoms with Gasteiger partial charge in [0, 0.05) is 17.7 Å². The smallest absolute Gasteiger partial charge is 0.323 e. The average Bonchev–Trinajstić information content (AvgIpc) is 3.02. The quantitative estimate of drug-likeness (QED) is 0.586. The van der Waals surface area contributed by atoms with Gasteiger partial charge in [0.2, 0.25) is 0 Å². The molecule has 1 aromatic rings. The minimum atomic E-state index is -1.29. The number of halogens is 2. The molecule has 1 heterocycles. The second kappa shape index (κ2) is 8.90. The van der Waals surface area contributed by atoms with Crippen LogP contribution in [0.4, 0.5) is 8.78 Å². The molecular weight excluding hydrogens is 364 g/mol. The molecule has 1 aliphatic heterocycles. The van der Waals surface area contributed by atoms with Gasteiger partial charge < -0.3 is 14.2 Å². The van der Waals surface area contributed by atoms with Crippen LogP contribution in [0.1, 0.15) is 25.5 Å². The molecule has 1 N–H and O–H groups in total. The van der Waals surface area contributed by atoms with Crippen molar-refractivity contribution in [1.29, 1.82) is 0 Å². The van der Waals surface area contributed by atoms with Gasteiger partial charge in [-0.15, -0.1) is 0 Å². The predicted molar refractivity (Wildman–Crippen MR) is 88.3 cm³/mol. The van der Waals surface area contributed by atoms with E-state index in [1.54, 1.807) is 13.8 Å². The number of ether oxygens (including phenoxy) is 3. The van der Waals surface area contributed by atoms with Gasteiger partial charge in [0.05, 0.1) is 32.2 Å². The highest BCUT2D eigenvalue weighted by atomic mass is 19.1. The van der Waals surface area contributed by atoms with Crippen LogP contribution in [-0.4, -0.2) is 44.3 Å². The zero-order valence-electron chi connectivity index (χ0n) is 15.2. The number of methoxy groups -OCH3 is 1. The van der Waals surface area contributed by atoms with E-state index in [2.05, 4.69) is 5.32 Å². The van der Waals surface area contributed by atoms with Crippen molar-refractivity contribution in [3.63, 3.8) is 0 Å². The predicted octanol–water partition coefficient (Wildman–Crippen LogP) is 1.51. The van der Waals surface area contributed by atoms with E-state index >= 15 is 0 Å². The summed E-state index contributed by atoms with van der Waals surface area (Å²) in [5, 5.41) is 2.76. The molecule has 0 aliphatic carbocycles. The summed E-state index contributed by atoms with van der Waals surface area (Å²) >= 11 is 0. The molecule has 0 saturated carbocycles. The van der Waals surface area contributed by atoms with Crippen molar-refractivity contribution in [3.05, 3.63) is 35.4 Å². The third-order valence-electron chi connectivity index (χ3n) is 4.33. The van der Waals surface area contributed by atoms with E-state index in [-0.39, 0.29) is 18.8 Å². The van der Waals surface area contributed by atoms with Crippen LogP contribution in [0.3, 0.4) is 0 Å². The number of carbonyl (C=O) groups is 3. The summed E-state index contributed by atoms with van der Waals surface area (Å²) in [6, 6.07) is 0.467. The van der Waals surface area contributed by atoms with Crippen LogP contribution in [0, 0.1) is 23.5 Å². The Labute approximate surface area is 155 Å². The fourth-order valence-corrected chi connectivity index (χ4v) is 3.24. The van der Waals surface area contributed by atoms with Gasteiger partial charge in [-0.2, -0.15) is 0 Å².